The molecule has 2 aromatic heterocycles. The monoisotopic (exact) mass is 553 g/mol. The molecule has 0 atom stereocenters. The highest BCUT2D eigenvalue weighted by Gasteiger charge is 2.40. The van der Waals surface area contributed by atoms with E-state index in [0.29, 0.717) is 17.2 Å². The van der Waals surface area contributed by atoms with Crippen LogP contribution in [0.25, 0.3) is 34.6 Å². The lowest BCUT2D eigenvalue weighted by molar-refractivity contribution is 0.0990. The minimum atomic E-state index is -0.627. The molecule has 10 heteroatoms. The number of para-hydroxylation sites is 1. The van der Waals surface area contributed by atoms with E-state index in [1.807, 2.05) is 60.7 Å². The van der Waals surface area contributed by atoms with Gasteiger partial charge < -0.3 is 4.42 Å². The number of halogens is 4. The SMILES string of the molecule is O=C1C(=Cc2nc3oc(-c4ccccc4)nc3n2-c2ccccc2)C(=O)c2c(Cl)c(Cl)c(Cl)c(Cl)c21. The van der Waals surface area contributed by atoms with Gasteiger partial charge in [-0.25, -0.2) is 0 Å². The summed E-state index contributed by atoms with van der Waals surface area (Å²) in [4.78, 5) is 35.7. The zero-order valence-electron chi connectivity index (χ0n) is 17.9. The van der Waals surface area contributed by atoms with Crippen LogP contribution >= 0.6 is 46.4 Å². The second-order valence-corrected chi connectivity index (χ2v) is 9.39. The van der Waals surface area contributed by atoms with E-state index in [4.69, 9.17) is 50.8 Å². The number of fused-ring (bicyclic) bond motifs is 2. The molecule has 3 aromatic carbocycles. The first-order valence-electron chi connectivity index (χ1n) is 10.5. The van der Waals surface area contributed by atoms with E-state index in [-0.39, 0.29) is 48.3 Å². The number of rotatable bonds is 3. The van der Waals surface area contributed by atoms with Gasteiger partial charge in [0.25, 0.3) is 5.71 Å². The highest BCUT2D eigenvalue weighted by atomic mass is 35.5. The zero-order chi connectivity index (χ0) is 25.1. The van der Waals surface area contributed by atoms with Crippen LogP contribution in [0.1, 0.15) is 26.5 Å². The number of ketones is 2. The molecule has 0 spiro atoms. The van der Waals surface area contributed by atoms with Gasteiger partial charge in [0.05, 0.1) is 36.8 Å². The molecular weight excluding hydrogens is 544 g/mol. The van der Waals surface area contributed by atoms with Gasteiger partial charge in [-0.1, -0.05) is 82.8 Å². The molecule has 0 saturated heterocycles. The molecule has 0 bridgehead atoms. The van der Waals surface area contributed by atoms with Crippen LogP contribution in [0.3, 0.4) is 0 Å². The summed E-state index contributed by atoms with van der Waals surface area (Å²) in [5.41, 5.74) is 1.80. The van der Waals surface area contributed by atoms with E-state index in [0.717, 1.165) is 5.56 Å². The number of oxazole rings is 1. The molecule has 1 aliphatic carbocycles. The second-order valence-electron chi connectivity index (χ2n) is 7.88. The molecule has 36 heavy (non-hydrogen) atoms. The maximum atomic E-state index is 13.3. The van der Waals surface area contributed by atoms with E-state index >= 15 is 0 Å². The Labute approximate surface area is 223 Å². The van der Waals surface area contributed by atoms with Gasteiger partial charge in [0.1, 0.15) is 5.82 Å². The average Bonchev–Trinajstić information content (AvgIpc) is 3.53. The normalized spacial score (nSPS) is 13.1. The molecule has 176 valence electrons. The molecule has 0 radical (unpaired) electrons. The molecule has 0 fully saturated rings. The van der Waals surface area contributed by atoms with Crippen molar-refractivity contribution in [2.75, 3.05) is 0 Å². The van der Waals surface area contributed by atoms with E-state index in [2.05, 4.69) is 9.97 Å². The number of carbonyl (C=O) groups is 2. The van der Waals surface area contributed by atoms with Crippen LogP contribution in [0, 0.1) is 0 Å². The largest absolute Gasteiger partial charge is 0.416 e. The first-order chi connectivity index (χ1) is 17.4. The van der Waals surface area contributed by atoms with Crippen LogP contribution in [-0.4, -0.2) is 26.1 Å². The Balaban J connectivity index is 1.56. The third-order valence-corrected chi connectivity index (χ3v) is 7.57. The zero-order valence-corrected chi connectivity index (χ0v) is 21.0. The van der Waals surface area contributed by atoms with Crippen LogP contribution in [-0.2, 0) is 0 Å². The second kappa shape index (κ2) is 8.61. The third-order valence-electron chi connectivity index (χ3n) is 5.77. The summed E-state index contributed by atoms with van der Waals surface area (Å²) >= 11 is 24.8. The Morgan fingerprint density at radius 2 is 1.28 bits per heavy atom. The fraction of sp³-hybridized carbons (Fsp3) is 0. The fourth-order valence-corrected chi connectivity index (χ4v) is 5.13. The first-order valence-corrected chi connectivity index (χ1v) is 12.0. The van der Waals surface area contributed by atoms with Crippen LogP contribution in [0.4, 0.5) is 0 Å². The molecule has 0 unspecified atom stereocenters. The number of hydrogen-bond acceptors (Lipinski definition) is 5. The van der Waals surface area contributed by atoms with E-state index < -0.39 is 11.6 Å². The third kappa shape index (κ3) is 3.41. The Morgan fingerprint density at radius 1 is 0.722 bits per heavy atom. The minimum absolute atomic E-state index is 0.0849. The number of Topliss-reactive ketones (excluding diaryl/α,β-unsaturated/α-hetero) is 2. The van der Waals surface area contributed by atoms with Gasteiger partial charge in [-0.05, 0) is 30.3 Å². The quantitative estimate of drug-likeness (QED) is 0.0985. The van der Waals surface area contributed by atoms with Crippen molar-refractivity contribution in [1.82, 2.24) is 14.5 Å². The van der Waals surface area contributed by atoms with Crippen LogP contribution < -0.4 is 0 Å². The van der Waals surface area contributed by atoms with Gasteiger partial charge in [-0.15, -0.1) is 0 Å². The Bertz CT molecular complexity index is 1710. The smallest absolute Gasteiger partial charge is 0.267 e. The number of nitrogens with zero attached hydrogens (tertiary/aromatic N) is 3. The number of carbonyl (C=O) groups excluding carboxylic acids is 2. The molecule has 0 aliphatic heterocycles. The number of benzene rings is 3. The van der Waals surface area contributed by atoms with Crippen LogP contribution in [0.5, 0.6) is 0 Å². The van der Waals surface area contributed by atoms with Crippen molar-refractivity contribution in [3.8, 4) is 17.1 Å². The van der Waals surface area contributed by atoms with Crippen molar-refractivity contribution in [2.24, 2.45) is 0 Å². The first kappa shape index (κ1) is 23.0. The summed E-state index contributed by atoms with van der Waals surface area (Å²) in [6.07, 6.45) is 1.37. The molecule has 2 heterocycles. The average molecular weight is 555 g/mol. The Morgan fingerprint density at radius 3 is 1.86 bits per heavy atom. The fourth-order valence-electron chi connectivity index (χ4n) is 4.11. The summed E-state index contributed by atoms with van der Waals surface area (Å²) in [5.74, 6) is -0.605. The van der Waals surface area contributed by atoms with Gasteiger partial charge in [-0.2, -0.15) is 9.97 Å². The van der Waals surface area contributed by atoms with Gasteiger partial charge >= 0.3 is 0 Å². The summed E-state index contributed by atoms with van der Waals surface area (Å²) in [5, 5.41) is -0.440. The maximum absolute atomic E-state index is 13.3. The topological polar surface area (TPSA) is 78.0 Å². The van der Waals surface area contributed by atoms with Crippen molar-refractivity contribution in [3.63, 3.8) is 0 Å². The van der Waals surface area contributed by atoms with Gasteiger partial charge in [-0.3, -0.25) is 14.2 Å². The number of imidazole rings is 1. The lowest BCUT2D eigenvalue weighted by atomic mass is 10.1. The molecule has 6 rings (SSSR count). The Hall–Kier alpha value is -3.42. The van der Waals surface area contributed by atoms with Crippen molar-refractivity contribution in [3.05, 3.63) is 103 Å². The standard InChI is InChI=1S/C26H11Cl4N3O3/c27-18-16-17(19(28)21(30)20(18)29)23(35)14(22(16)34)11-15-31-26-24(33(15)13-9-5-2-6-10-13)32-25(36-26)12-7-3-1-4-8-12/h1-11H. The molecule has 6 nitrogen and oxygen atoms in total. The van der Waals surface area contributed by atoms with Crippen molar-refractivity contribution in [2.45, 2.75) is 0 Å². The highest BCUT2D eigenvalue weighted by Crippen LogP contribution is 2.46. The predicted octanol–water partition coefficient (Wildman–Crippen LogP) is 7.76. The number of aromatic nitrogens is 3. The molecular formula is C26H11Cl4N3O3. The lowest BCUT2D eigenvalue weighted by Crippen LogP contribution is -2.04. The summed E-state index contributed by atoms with van der Waals surface area (Å²) in [6.45, 7) is 0. The molecule has 1 aliphatic rings. The molecule has 5 aromatic rings. The molecule has 0 saturated carbocycles. The lowest BCUT2D eigenvalue weighted by Gasteiger charge is -2.07. The van der Waals surface area contributed by atoms with Crippen molar-refractivity contribution in [1.29, 1.82) is 0 Å². The van der Waals surface area contributed by atoms with E-state index in [1.54, 1.807) is 4.57 Å². The van der Waals surface area contributed by atoms with Gasteiger partial charge in [0.15, 0.2) is 11.6 Å². The van der Waals surface area contributed by atoms with Crippen molar-refractivity contribution >= 4 is 75.4 Å². The summed E-state index contributed by atoms with van der Waals surface area (Å²) in [7, 11) is 0. The van der Waals surface area contributed by atoms with Crippen LogP contribution in [0.15, 0.2) is 70.7 Å². The Kier molecular flexibility index (Phi) is 5.50. The minimum Gasteiger partial charge on any atom is -0.416 e. The highest BCUT2D eigenvalue weighted by molar-refractivity contribution is 6.57. The van der Waals surface area contributed by atoms with Gasteiger partial charge in [0.2, 0.25) is 11.5 Å². The van der Waals surface area contributed by atoms with Crippen molar-refractivity contribution < 1.29 is 14.0 Å². The molecule has 0 amide bonds. The van der Waals surface area contributed by atoms with Gasteiger partial charge in [0, 0.05) is 11.3 Å². The number of hydrogen-bond donors (Lipinski definition) is 0. The predicted molar refractivity (Wildman–Crippen MR) is 140 cm³/mol. The molecule has 0 N–H and O–H groups in total. The number of allylic oxidation sites excluding steroid dienone is 1. The summed E-state index contributed by atoms with van der Waals surface area (Å²) < 4.78 is 7.63. The summed E-state index contributed by atoms with van der Waals surface area (Å²) in [6, 6.07) is 18.7. The van der Waals surface area contributed by atoms with Crippen LogP contribution in [0.2, 0.25) is 20.1 Å². The maximum Gasteiger partial charge on any atom is 0.267 e. The van der Waals surface area contributed by atoms with E-state index in [9.17, 15) is 9.59 Å². The van der Waals surface area contributed by atoms with E-state index in [1.165, 1.54) is 6.08 Å².